The van der Waals surface area contributed by atoms with Crippen LogP contribution < -0.4 is 10.1 Å². The van der Waals surface area contributed by atoms with Crippen LogP contribution >= 0.6 is 23.4 Å². The Hall–Kier alpha value is -2.51. The fraction of sp³-hybridized carbons (Fsp3) is 0.318. The number of nitrogens with one attached hydrogen (secondary N) is 1. The van der Waals surface area contributed by atoms with Crippen LogP contribution in [0.2, 0.25) is 5.02 Å². The van der Waals surface area contributed by atoms with Gasteiger partial charge in [0, 0.05) is 22.8 Å². The molecule has 0 saturated heterocycles. The number of nitrogens with zero attached hydrogens (tertiary/aromatic N) is 3. The number of hydrogen-bond acceptors (Lipinski definition) is 5. The minimum atomic E-state index is -0.108. The van der Waals surface area contributed by atoms with Crippen molar-refractivity contribution in [2.75, 3.05) is 17.7 Å². The highest BCUT2D eigenvalue weighted by molar-refractivity contribution is 7.99. The van der Waals surface area contributed by atoms with Crippen molar-refractivity contribution >= 4 is 35.0 Å². The first-order valence-electron chi connectivity index (χ1n) is 9.95. The second-order valence-corrected chi connectivity index (χ2v) is 8.00. The predicted molar refractivity (Wildman–Crippen MR) is 122 cm³/mol. The molecule has 0 saturated carbocycles. The van der Waals surface area contributed by atoms with Gasteiger partial charge in [-0.1, -0.05) is 36.7 Å². The molecule has 8 heteroatoms. The SMILES string of the molecule is CCCCOc1ccc(-c2nnc(SCC(=O)Nc3ccc(Cl)cc3)n2CC)cc1. The highest BCUT2D eigenvalue weighted by Gasteiger charge is 2.15. The van der Waals surface area contributed by atoms with Crippen LogP contribution in [0, 0.1) is 0 Å². The van der Waals surface area contributed by atoms with Crippen molar-refractivity contribution in [3.8, 4) is 17.1 Å². The smallest absolute Gasteiger partial charge is 0.234 e. The third-order valence-corrected chi connectivity index (χ3v) is 5.59. The fourth-order valence-corrected chi connectivity index (χ4v) is 3.72. The van der Waals surface area contributed by atoms with E-state index in [1.54, 1.807) is 24.3 Å². The van der Waals surface area contributed by atoms with Gasteiger partial charge in [-0.3, -0.25) is 4.79 Å². The summed E-state index contributed by atoms with van der Waals surface area (Å²) >= 11 is 7.23. The molecule has 30 heavy (non-hydrogen) atoms. The molecule has 0 fully saturated rings. The molecule has 1 amide bonds. The number of aromatic nitrogens is 3. The fourth-order valence-electron chi connectivity index (χ4n) is 2.79. The molecular formula is C22H25ClN4O2S. The average molecular weight is 445 g/mol. The van der Waals surface area contributed by atoms with Crippen molar-refractivity contribution in [2.45, 2.75) is 38.4 Å². The minimum Gasteiger partial charge on any atom is -0.494 e. The van der Waals surface area contributed by atoms with E-state index < -0.39 is 0 Å². The molecule has 0 unspecified atom stereocenters. The number of benzene rings is 2. The summed E-state index contributed by atoms with van der Waals surface area (Å²) in [5.41, 5.74) is 1.67. The first kappa shape index (κ1) is 22.2. The maximum Gasteiger partial charge on any atom is 0.234 e. The lowest BCUT2D eigenvalue weighted by Gasteiger charge is -2.09. The lowest BCUT2D eigenvalue weighted by Crippen LogP contribution is -2.14. The van der Waals surface area contributed by atoms with Crippen molar-refractivity contribution in [3.05, 3.63) is 53.6 Å². The monoisotopic (exact) mass is 444 g/mol. The number of hydrogen-bond donors (Lipinski definition) is 1. The van der Waals surface area contributed by atoms with Crippen molar-refractivity contribution in [3.63, 3.8) is 0 Å². The molecule has 1 aromatic heterocycles. The van der Waals surface area contributed by atoms with E-state index in [9.17, 15) is 4.79 Å². The number of anilines is 1. The summed E-state index contributed by atoms with van der Waals surface area (Å²) in [6.45, 7) is 5.60. The third kappa shape index (κ3) is 6.00. The number of carbonyl (C=O) groups excluding carboxylic acids is 1. The normalized spacial score (nSPS) is 10.8. The Labute approximate surface area is 186 Å². The van der Waals surface area contributed by atoms with Crippen LogP contribution in [0.4, 0.5) is 5.69 Å². The molecule has 0 aliphatic heterocycles. The number of amides is 1. The van der Waals surface area contributed by atoms with Gasteiger partial charge in [-0.2, -0.15) is 0 Å². The molecule has 0 bridgehead atoms. The van der Waals surface area contributed by atoms with Crippen LogP contribution in [0.3, 0.4) is 0 Å². The second kappa shape index (κ2) is 11.0. The first-order valence-corrected chi connectivity index (χ1v) is 11.3. The second-order valence-electron chi connectivity index (χ2n) is 6.62. The molecule has 0 aliphatic carbocycles. The highest BCUT2D eigenvalue weighted by atomic mass is 35.5. The van der Waals surface area contributed by atoms with Gasteiger partial charge in [0.15, 0.2) is 11.0 Å². The summed E-state index contributed by atoms with van der Waals surface area (Å²) in [5.74, 6) is 1.76. The van der Waals surface area contributed by atoms with E-state index in [1.165, 1.54) is 11.8 Å². The zero-order valence-corrected chi connectivity index (χ0v) is 18.7. The molecule has 1 N–H and O–H groups in total. The maximum absolute atomic E-state index is 12.3. The average Bonchev–Trinajstić information content (AvgIpc) is 3.17. The van der Waals surface area contributed by atoms with E-state index in [1.807, 2.05) is 35.8 Å². The molecule has 3 rings (SSSR count). The van der Waals surface area contributed by atoms with Crippen LogP contribution in [0.15, 0.2) is 53.7 Å². The van der Waals surface area contributed by atoms with Gasteiger partial charge in [0.1, 0.15) is 5.75 Å². The number of carbonyl (C=O) groups is 1. The van der Waals surface area contributed by atoms with Crippen molar-refractivity contribution in [1.29, 1.82) is 0 Å². The van der Waals surface area contributed by atoms with Gasteiger partial charge < -0.3 is 14.6 Å². The van der Waals surface area contributed by atoms with E-state index >= 15 is 0 Å². The zero-order valence-electron chi connectivity index (χ0n) is 17.1. The molecular weight excluding hydrogens is 420 g/mol. The predicted octanol–water partition coefficient (Wildman–Crippen LogP) is 5.53. The molecule has 6 nitrogen and oxygen atoms in total. The lowest BCUT2D eigenvalue weighted by molar-refractivity contribution is -0.113. The Morgan fingerprint density at radius 3 is 2.50 bits per heavy atom. The quantitative estimate of drug-likeness (QED) is 0.329. The van der Waals surface area contributed by atoms with Gasteiger partial charge in [-0.15, -0.1) is 10.2 Å². The molecule has 1 heterocycles. The summed E-state index contributed by atoms with van der Waals surface area (Å²) in [6.07, 6.45) is 2.15. The van der Waals surface area contributed by atoms with Crippen LogP contribution in [-0.2, 0) is 11.3 Å². The summed E-state index contributed by atoms with van der Waals surface area (Å²) in [6, 6.07) is 14.9. The van der Waals surface area contributed by atoms with Crippen LogP contribution in [0.5, 0.6) is 5.75 Å². The van der Waals surface area contributed by atoms with Gasteiger partial charge in [-0.25, -0.2) is 0 Å². The largest absolute Gasteiger partial charge is 0.494 e. The summed E-state index contributed by atoms with van der Waals surface area (Å²) in [7, 11) is 0. The van der Waals surface area contributed by atoms with E-state index in [2.05, 4.69) is 22.4 Å². The van der Waals surface area contributed by atoms with Crippen LogP contribution in [0.1, 0.15) is 26.7 Å². The Bertz CT molecular complexity index is 958. The Morgan fingerprint density at radius 2 is 1.83 bits per heavy atom. The summed E-state index contributed by atoms with van der Waals surface area (Å²) < 4.78 is 7.73. The van der Waals surface area contributed by atoms with Crippen molar-refractivity contribution < 1.29 is 9.53 Å². The summed E-state index contributed by atoms with van der Waals surface area (Å²) in [5, 5.41) is 12.8. The standard InChI is InChI=1S/C22H25ClN4O2S/c1-3-5-14-29-19-12-6-16(7-13-19)21-25-26-22(27(21)4-2)30-15-20(28)24-18-10-8-17(23)9-11-18/h6-13H,3-5,14-15H2,1-2H3,(H,24,28). The van der Waals surface area contributed by atoms with E-state index in [-0.39, 0.29) is 11.7 Å². The molecule has 2 aromatic carbocycles. The first-order chi connectivity index (χ1) is 14.6. The Balaban J connectivity index is 1.62. The molecule has 0 aliphatic rings. The number of ether oxygens (including phenoxy) is 1. The molecule has 158 valence electrons. The van der Waals surface area contributed by atoms with E-state index in [0.717, 1.165) is 36.6 Å². The number of rotatable bonds is 10. The molecule has 0 atom stereocenters. The minimum absolute atomic E-state index is 0.108. The van der Waals surface area contributed by atoms with Gasteiger partial charge in [0.05, 0.1) is 12.4 Å². The number of unbranched alkanes of at least 4 members (excludes halogenated alkanes) is 1. The molecule has 3 aromatic rings. The Kier molecular flexibility index (Phi) is 8.16. The summed E-state index contributed by atoms with van der Waals surface area (Å²) in [4.78, 5) is 12.3. The van der Waals surface area contributed by atoms with E-state index in [0.29, 0.717) is 22.4 Å². The van der Waals surface area contributed by atoms with Gasteiger partial charge in [0.25, 0.3) is 0 Å². The lowest BCUT2D eigenvalue weighted by atomic mass is 10.2. The third-order valence-electron chi connectivity index (χ3n) is 4.37. The van der Waals surface area contributed by atoms with Crippen molar-refractivity contribution in [1.82, 2.24) is 14.8 Å². The van der Waals surface area contributed by atoms with Crippen LogP contribution in [-0.4, -0.2) is 33.0 Å². The van der Waals surface area contributed by atoms with Gasteiger partial charge in [-0.05, 0) is 61.9 Å². The van der Waals surface area contributed by atoms with Gasteiger partial charge >= 0.3 is 0 Å². The number of thioether (sulfide) groups is 1. The topological polar surface area (TPSA) is 69.0 Å². The number of halogens is 1. The Morgan fingerprint density at radius 1 is 1.10 bits per heavy atom. The molecule has 0 spiro atoms. The van der Waals surface area contributed by atoms with Crippen molar-refractivity contribution in [2.24, 2.45) is 0 Å². The zero-order chi connectivity index (χ0) is 21.3. The molecule has 0 radical (unpaired) electrons. The highest BCUT2D eigenvalue weighted by Crippen LogP contribution is 2.26. The van der Waals surface area contributed by atoms with Gasteiger partial charge in [0.2, 0.25) is 5.91 Å². The van der Waals surface area contributed by atoms with E-state index in [4.69, 9.17) is 16.3 Å². The van der Waals surface area contributed by atoms with Crippen LogP contribution in [0.25, 0.3) is 11.4 Å². The maximum atomic E-state index is 12.3.